The lowest BCUT2D eigenvalue weighted by molar-refractivity contribution is -0.158. The summed E-state index contributed by atoms with van der Waals surface area (Å²) in [5.74, 6) is -3.72. The van der Waals surface area contributed by atoms with Gasteiger partial charge < -0.3 is 29.2 Å². The molecule has 10 heteroatoms. The molecule has 0 saturated heterocycles. The van der Waals surface area contributed by atoms with Crippen LogP contribution in [0.3, 0.4) is 0 Å². The summed E-state index contributed by atoms with van der Waals surface area (Å²) in [6.07, 6.45) is 2.18. The van der Waals surface area contributed by atoms with Crippen LogP contribution in [-0.2, 0) is 38.1 Å². The molecule has 0 aliphatic rings. The van der Waals surface area contributed by atoms with Gasteiger partial charge in [0.15, 0.2) is 13.2 Å². The van der Waals surface area contributed by atoms with Crippen LogP contribution in [0.1, 0.15) is 25.7 Å². The van der Waals surface area contributed by atoms with Gasteiger partial charge in [-0.15, -0.1) is 0 Å². The summed E-state index contributed by atoms with van der Waals surface area (Å²) in [4.78, 5) is 42.4. The molecule has 0 atom stereocenters. The van der Waals surface area contributed by atoms with Gasteiger partial charge in [-0.25, -0.2) is 14.4 Å². The lowest BCUT2D eigenvalue weighted by Crippen LogP contribution is -2.18. The first kappa shape index (κ1) is 21.8. The Kier molecular flexibility index (Phi) is 13.1. The van der Waals surface area contributed by atoms with E-state index in [4.69, 9.17) is 19.7 Å². The summed E-state index contributed by atoms with van der Waals surface area (Å²) in [5, 5.41) is 16.6. The van der Waals surface area contributed by atoms with Gasteiger partial charge in [0, 0.05) is 13.0 Å². The molecule has 0 fully saturated rings. The molecule has 0 rings (SSSR count). The highest BCUT2D eigenvalue weighted by Crippen LogP contribution is 2.01. The first-order valence-electron chi connectivity index (χ1n) is 7.32. The molecular formula is C14H22O10. The summed E-state index contributed by atoms with van der Waals surface area (Å²) in [6, 6.07) is 0. The molecule has 0 unspecified atom stereocenters. The number of ether oxygens (including phenoxy) is 4. The zero-order valence-corrected chi connectivity index (χ0v) is 13.2. The molecule has 24 heavy (non-hydrogen) atoms. The Labute approximate surface area is 138 Å². The average molecular weight is 350 g/mol. The Morgan fingerprint density at radius 3 is 1.83 bits per heavy atom. The fourth-order valence-corrected chi connectivity index (χ4v) is 1.42. The van der Waals surface area contributed by atoms with Gasteiger partial charge in [0.05, 0.1) is 13.2 Å². The van der Waals surface area contributed by atoms with Crippen molar-refractivity contribution < 1.29 is 48.3 Å². The SMILES string of the molecule is O=C(O)COC(=O)CCCCCOCCOCC(=O)OCC(=O)O. The van der Waals surface area contributed by atoms with E-state index in [1.54, 1.807) is 0 Å². The monoisotopic (exact) mass is 350 g/mol. The summed E-state index contributed by atoms with van der Waals surface area (Å²) in [6.45, 7) is -0.753. The van der Waals surface area contributed by atoms with E-state index in [0.717, 1.165) is 6.42 Å². The van der Waals surface area contributed by atoms with E-state index in [1.807, 2.05) is 0 Å². The molecule has 138 valence electrons. The van der Waals surface area contributed by atoms with E-state index in [9.17, 15) is 19.2 Å². The number of hydrogen-bond donors (Lipinski definition) is 2. The zero-order chi connectivity index (χ0) is 18.2. The van der Waals surface area contributed by atoms with Gasteiger partial charge in [-0.3, -0.25) is 4.79 Å². The molecule has 0 aromatic carbocycles. The maximum Gasteiger partial charge on any atom is 0.341 e. The van der Waals surface area contributed by atoms with Crippen LogP contribution in [0.15, 0.2) is 0 Å². The first-order chi connectivity index (χ1) is 11.4. The van der Waals surface area contributed by atoms with Crippen molar-refractivity contribution in [3.05, 3.63) is 0 Å². The predicted molar refractivity (Wildman–Crippen MR) is 77.3 cm³/mol. The molecule has 0 heterocycles. The third-order valence-corrected chi connectivity index (χ3v) is 2.47. The number of esters is 2. The maximum absolute atomic E-state index is 11.1. The summed E-state index contributed by atoms with van der Waals surface area (Å²) in [7, 11) is 0. The number of carboxylic acids is 2. The minimum atomic E-state index is -1.23. The number of aliphatic carboxylic acids is 2. The topological polar surface area (TPSA) is 146 Å². The predicted octanol–water partition coefficient (Wildman–Crippen LogP) is -0.164. The Morgan fingerprint density at radius 1 is 0.625 bits per heavy atom. The van der Waals surface area contributed by atoms with Crippen molar-refractivity contribution in [2.45, 2.75) is 25.7 Å². The summed E-state index contributed by atoms with van der Waals surface area (Å²) >= 11 is 0. The van der Waals surface area contributed by atoms with Crippen LogP contribution < -0.4 is 0 Å². The Bertz CT molecular complexity index is 368. The highest BCUT2D eigenvalue weighted by Gasteiger charge is 2.06. The molecule has 2 N–H and O–H groups in total. The van der Waals surface area contributed by atoms with Crippen LogP contribution in [0.2, 0.25) is 0 Å². The average Bonchev–Trinajstić information content (AvgIpc) is 2.52. The molecule has 0 spiro atoms. The van der Waals surface area contributed by atoms with Gasteiger partial charge in [-0.05, 0) is 12.8 Å². The van der Waals surface area contributed by atoms with Crippen LogP contribution in [-0.4, -0.2) is 73.7 Å². The molecular weight excluding hydrogens is 328 g/mol. The van der Waals surface area contributed by atoms with E-state index in [2.05, 4.69) is 9.47 Å². The van der Waals surface area contributed by atoms with Crippen LogP contribution in [0.25, 0.3) is 0 Å². The van der Waals surface area contributed by atoms with E-state index >= 15 is 0 Å². The van der Waals surface area contributed by atoms with Gasteiger partial charge in [0.2, 0.25) is 0 Å². The van der Waals surface area contributed by atoms with Crippen LogP contribution in [0.4, 0.5) is 0 Å². The largest absolute Gasteiger partial charge is 0.479 e. The normalized spacial score (nSPS) is 10.2. The molecule has 0 aliphatic carbocycles. The molecule has 0 aliphatic heterocycles. The van der Waals surface area contributed by atoms with E-state index < -0.39 is 37.1 Å². The number of unbranched alkanes of at least 4 members (excludes halogenated alkanes) is 2. The summed E-state index contributed by atoms with van der Waals surface area (Å²) in [5.41, 5.74) is 0. The third kappa shape index (κ3) is 16.2. The highest BCUT2D eigenvalue weighted by atomic mass is 16.6. The van der Waals surface area contributed by atoms with Gasteiger partial charge in [-0.2, -0.15) is 0 Å². The molecule has 0 aromatic rings. The Balaban J connectivity index is 3.28. The second-order valence-electron chi connectivity index (χ2n) is 4.58. The first-order valence-corrected chi connectivity index (χ1v) is 7.32. The zero-order valence-electron chi connectivity index (χ0n) is 13.2. The standard InChI is InChI=1S/C14H22O10/c15-11(16)8-23-13(19)4-2-1-3-5-21-6-7-22-10-14(20)24-9-12(17)18/h1-10H2,(H,15,16)(H,17,18). The van der Waals surface area contributed by atoms with E-state index in [0.29, 0.717) is 19.4 Å². The quantitative estimate of drug-likeness (QED) is 0.301. The number of carbonyl (C=O) groups is 4. The lowest BCUT2D eigenvalue weighted by atomic mass is 10.2. The van der Waals surface area contributed by atoms with E-state index in [-0.39, 0.29) is 26.2 Å². The van der Waals surface area contributed by atoms with Gasteiger partial charge in [-0.1, -0.05) is 6.42 Å². The maximum atomic E-state index is 11.1. The van der Waals surface area contributed by atoms with Crippen molar-refractivity contribution in [1.29, 1.82) is 0 Å². The Morgan fingerprint density at radius 2 is 1.21 bits per heavy atom. The molecule has 0 aromatic heterocycles. The number of carbonyl (C=O) groups excluding carboxylic acids is 2. The molecule has 0 radical (unpaired) electrons. The number of carboxylic acid groups (broad SMARTS) is 2. The number of rotatable bonds is 15. The fourth-order valence-electron chi connectivity index (χ4n) is 1.42. The minimum absolute atomic E-state index is 0.162. The van der Waals surface area contributed by atoms with Crippen LogP contribution in [0, 0.1) is 0 Å². The summed E-state index contributed by atoms with van der Waals surface area (Å²) < 4.78 is 19.0. The van der Waals surface area contributed by atoms with Crippen molar-refractivity contribution in [2.24, 2.45) is 0 Å². The van der Waals surface area contributed by atoms with Gasteiger partial charge in [0.1, 0.15) is 6.61 Å². The van der Waals surface area contributed by atoms with E-state index in [1.165, 1.54) is 0 Å². The second kappa shape index (κ2) is 14.4. The van der Waals surface area contributed by atoms with Gasteiger partial charge in [0.25, 0.3) is 0 Å². The fraction of sp³-hybridized carbons (Fsp3) is 0.714. The molecule has 0 saturated carbocycles. The smallest absolute Gasteiger partial charge is 0.341 e. The van der Waals surface area contributed by atoms with Crippen molar-refractivity contribution in [3.63, 3.8) is 0 Å². The van der Waals surface area contributed by atoms with Crippen molar-refractivity contribution in [1.82, 2.24) is 0 Å². The highest BCUT2D eigenvalue weighted by molar-refractivity contribution is 5.76. The molecule has 0 bridgehead atoms. The number of hydrogen-bond acceptors (Lipinski definition) is 8. The van der Waals surface area contributed by atoms with Crippen LogP contribution >= 0.6 is 0 Å². The third-order valence-electron chi connectivity index (χ3n) is 2.47. The minimum Gasteiger partial charge on any atom is -0.479 e. The molecule has 10 nitrogen and oxygen atoms in total. The Hall–Kier alpha value is -2.20. The van der Waals surface area contributed by atoms with Crippen LogP contribution in [0.5, 0.6) is 0 Å². The van der Waals surface area contributed by atoms with Crippen molar-refractivity contribution >= 4 is 23.9 Å². The molecule has 0 amide bonds. The van der Waals surface area contributed by atoms with Crippen molar-refractivity contribution in [2.75, 3.05) is 39.6 Å². The van der Waals surface area contributed by atoms with Crippen molar-refractivity contribution in [3.8, 4) is 0 Å². The second-order valence-corrected chi connectivity index (χ2v) is 4.58. The lowest BCUT2D eigenvalue weighted by Gasteiger charge is -2.06. The van der Waals surface area contributed by atoms with Gasteiger partial charge >= 0.3 is 23.9 Å².